The van der Waals surface area contributed by atoms with Gasteiger partial charge in [0, 0.05) is 11.1 Å². The molecule has 0 saturated carbocycles. The Kier molecular flexibility index (Phi) is 9.91. The van der Waals surface area contributed by atoms with E-state index in [1.165, 1.54) is 33.5 Å². The first-order valence-electron chi connectivity index (χ1n) is 11.1. The second-order valence-corrected chi connectivity index (χ2v) is 7.72. The number of para-hydroxylation sites is 1. The number of hydrogen-bond donors (Lipinski definition) is 3. The molecule has 3 rings (SSSR count). The molecule has 0 aromatic heterocycles. The van der Waals surface area contributed by atoms with Crippen molar-refractivity contribution in [1.29, 1.82) is 0 Å². The van der Waals surface area contributed by atoms with Crippen LogP contribution >= 0.6 is 12.2 Å². The van der Waals surface area contributed by atoms with Gasteiger partial charge >= 0.3 is 0 Å². The maximum Gasteiger partial charge on any atom is 0.269 e. The van der Waals surface area contributed by atoms with Crippen LogP contribution in [0.15, 0.2) is 66.7 Å². The molecule has 3 N–H and O–H groups in total. The predicted octanol–water partition coefficient (Wildman–Crippen LogP) is 3.12. The van der Waals surface area contributed by atoms with Gasteiger partial charge < -0.3 is 23.7 Å². The Bertz CT molecular complexity index is 1200. The van der Waals surface area contributed by atoms with E-state index in [1.807, 2.05) is 30.3 Å². The lowest BCUT2D eigenvalue weighted by atomic mass is 10.1. The van der Waals surface area contributed by atoms with Crippen LogP contribution in [0.1, 0.15) is 20.7 Å². The minimum absolute atomic E-state index is 0.0934. The zero-order valence-electron chi connectivity index (χ0n) is 20.5. The molecular weight excluding hydrogens is 498 g/mol. The molecule has 0 fully saturated rings. The molecule has 0 bridgehead atoms. The maximum atomic E-state index is 12.5. The first-order chi connectivity index (χ1) is 17.9. The van der Waals surface area contributed by atoms with Crippen molar-refractivity contribution in [2.75, 3.05) is 34.5 Å². The number of ether oxygens (including phenoxy) is 5. The molecular formula is C26H27N3O7S. The largest absolute Gasteiger partial charge is 0.493 e. The summed E-state index contributed by atoms with van der Waals surface area (Å²) in [7, 11) is 4.35. The van der Waals surface area contributed by atoms with Gasteiger partial charge in [-0.2, -0.15) is 0 Å². The molecule has 0 atom stereocenters. The van der Waals surface area contributed by atoms with Crippen LogP contribution in [0, 0.1) is 0 Å². The fraction of sp³-hybridized carbons (Fsp3) is 0.192. The fourth-order valence-corrected chi connectivity index (χ4v) is 3.29. The van der Waals surface area contributed by atoms with E-state index in [9.17, 15) is 9.59 Å². The normalized spacial score (nSPS) is 10.0. The Morgan fingerprint density at radius 3 is 1.81 bits per heavy atom. The van der Waals surface area contributed by atoms with Crippen LogP contribution < -0.4 is 39.9 Å². The minimum atomic E-state index is -0.534. The molecule has 0 aliphatic rings. The van der Waals surface area contributed by atoms with Gasteiger partial charge in [0.1, 0.15) is 24.7 Å². The number of hydrogen-bond acceptors (Lipinski definition) is 8. The van der Waals surface area contributed by atoms with Gasteiger partial charge in [0.25, 0.3) is 11.8 Å². The highest BCUT2D eigenvalue weighted by Crippen LogP contribution is 2.38. The summed E-state index contributed by atoms with van der Waals surface area (Å²) < 4.78 is 26.9. The summed E-state index contributed by atoms with van der Waals surface area (Å²) in [4.78, 5) is 25.0. The molecule has 2 amide bonds. The highest BCUT2D eigenvalue weighted by Gasteiger charge is 2.17. The molecule has 3 aromatic rings. The molecule has 11 heteroatoms. The third kappa shape index (κ3) is 7.74. The van der Waals surface area contributed by atoms with E-state index < -0.39 is 11.8 Å². The van der Waals surface area contributed by atoms with E-state index in [0.29, 0.717) is 41.8 Å². The summed E-state index contributed by atoms with van der Waals surface area (Å²) in [5.41, 5.74) is 5.49. The third-order valence-electron chi connectivity index (χ3n) is 4.92. The van der Waals surface area contributed by atoms with Crippen LogP contribution in [0.25, 0.3) is 0 Å². The second-order valence-electron chi connectivity index (χ2n) is 7.31. The van der Waals surface area contributed by atoms with Crippen LogP contribution in [0.4, 0.5) is 0 Å². The third-order valence-corrected chi connectivity index (χ3v) is 5.13. The van der Waals surface area contributed by atoms with E-state index >= 15 is 0 Å². The van der Waals surface area contributed by atoms with E-state index in [1.54, 1.807) is 24.3 Å². The predicted molar refractivity (Wildman–Crippen MR) is 141 cm³/mol. The number of methoxy groups -OCH3 is 3. The molecule has 10 nitrogen and oxygen atoms in total. The number of thiocarbonyl (C=S) groups is 1. The lowest BCUT2D eigenvalue weighted by Gasteiger charge is -2.15. The van der Waals surface area contributed by atoms with Crippen molar-refractivity contribution in [2.45, 2.75) is 0 Å². The summed E-state index contributed by atoms with van der Waals surface area (Å²) in [6, 6.07) is 18.9. The van der Waals surface area contributed by atoms with Gasteiger partial charge in [0.05, 0.1) is 21.3 Å². The van der Waals surface area contributed by atoms with Crippen molar-refractivity contribution in [2.24, 2.45) is 0 Å². The van der Waals surface area contributed by atoms with Gasteiger partial charge in [-0.25, -0.2) is 0 Å². The van der Waals surface area contributed by atoms with Gasteiger partial charge in [-0.1, -0.05) is 18.2 Å². The van der Waals surface area contributed by atoms with Crippen LogP contribution in [-0.4, -0.2) is 51.5 Å². The minimum Gasteiger partial charge on any atom is -0.493 e. The number of benzene rings is 3. The standard InChI is InChI=1S/C26H27N3O7S/c1-32-21-15-18(16-22(33-2)23(21)34-3)25(31)28-29-26(37)27-24(30)17-9-11-20(12-10-17)36-14-13-35-19-7-5-4-6-8-19/h4-12,15-16H,13-14H2,1-3H3,(H,28,31)(H2,27,29,30,37). The van der Waals surface area contributed by atoms with Crippen LogP contribution in [-0.2, 0) is 0 Å². The van der Waals surface area contributed by atoms with Crippen molar-refractivity contribution >= 4 is 29.1 Å². The Morgan fingerprint density at radius 2 is 1.27 bits per heavy atom. The van der Waals surface area contributed by atoms with E-state index in [0.717, 1.165) is 5.75 Å². The first kappa shape index (κ1) is 27.1. The number of carbonyl (C=O) groups is 2. The monoisotopic (exact) mass is 525 g/mol. The average molecular weight is 526 g/mol. The lowest BCUT2D eigenvalue weighted by Crippen LogP contribution is -2.48. The lowest BCUT2D eigenvalue weighted by molar-refractivity contribution is 0.0934. The number of rotatable bonds is 10. The Balaban J connectivity index is 1.45. The van der Waals surface area contributed by atoms with Gasteiger partial charge in [0.15, 0.2) is 16.6 Å². The SMILES string of the molecule is COc1cc(C(=O)NNC(=S)NC(=O)c2ccc(OCCOc3ccccc3)cc2)cc(OC)c1OC. The van der Waals surface area contributed by atoms with Crippen LogP contribution in [0.3, 0.4) is 0 Å². The van der Waals surface area contributed by atoms with Crippen LogP contribution in [0.2, 0.25) is 0 Å². The summed E-state index contributed by atoms with van der Waals surface area (Å²) in [5, 5.41) is 2.40. The smallest absolute Gasteiger partial charge is 0.269 e. The fourth-order valence-electron chi connectivity index (χ4n) is 3.14. The Labute approximate surface area is 219 Å². The molecule has 0 heterocycles. The zero-order valence-corrected chi connectivity index (χ0v) is 21.3. The van der Waals surface area contributed by atoms with Gasteiger partial charge in [-0.15, -0.1) is 0 Å². The zero-order chi connectivity index (χ0) is 26.6. The van der Waals surface area contributed by atoms with E-state index in [2.05, 4.69) is 16.2 Å². The maximum absolute atomic E-state index is 12.5. The summed E-state index contributed by atoms with van der Waals surface area (Å²) in [5.74, 6) is 1.35. The first-order valence-corrected chi connectivity index (χ1v) is 11.5. The quantitative estimate of drug-likeness (QED) is 0.209. The summed E-state index contributed by atoms with van der Waals surface area (Å²) in [6.07, 6.45) is 0. The summed E-state index contributed by atoms with van der Waals surface area (Å²) >= 11 is 5.11. The second kappa shape index (κ2) is 13.5. The average Bonchev–Trinajstić information content (AvgIpc) is 2.93. The molecule has 0 aliphatic heterocycles. The van der Waals surface area contributed by atoms with Crippen molar-refractivity contribution in [3.8, 4) is 28.7 Å². The van der Waals surface area contributed by atoms with Crippen molar-refractivity contribution in [1.82, 2.24) is 16.2 Å². The molecule has 0 aliphatic carbocycles. The number of amides is 2. The molecule has 3 aromatic carbocycles. The topological polar surface area (TPSA) is 116 Å². The number of nitrogens with one attached hydrogen (secondary N) is 3. The van der Waals surface area contributed by atoms with Crippen LogP contribution in [0.5, 0.6) is 28.7 Å². The Hall–Kier alpha value is -4.51. The number of carbonyl (C=O) groups excluding carboxylic acids is 2. The molecule has 194 valence electrons. The van der Waals surface area contributed by atoms with Gasteiger partial charge in [-0.05, 0) is 60.7 Å². The van der Waals surface area contributed by atoms with Gasteiger partial charge in [-0.3, -0.25) is 25.8 Å². The molecule has 0 saturated heterocycles. The van der Waals surface area contributed by atoms with Crippen molar-refractivity contribution in [3.05, 3.63) is 77.9 Å². The molecule has 0 radical (unpaired) electrons. The molecule has 37 heavy (non-hydrogen) atoms. The van der Waals surface area contributed by atoms with E-state index in [4.69, 9.17) is 35.9 Å². The highest BCUT2D eigenvalue weighted by molar-refractivity contribution is 7.80. The van der Waals surface area contributed by atoms with Gasteiger partial charge in [0.2, 0.25) is 5.75 Å². The molecule has 0 spiro atoms. The molecule has 0 unspecified atom stereocenters. The van der Waals surface area contributed by atoms with Crippen molar-refractivity contribution < 1.29 is 33.3 Å². The Morgan fingerprint density at radius 1 is 0.703 bits per heavy atom. The van der Waals surface area contributed by atoms with E-state index in [-0.39, 0.29) is 10.7 Å². The van der Waals surface area contributed by atoms with Crippen molar-refractivity contribution in [3.63, 3.8) is 0 Å². The summed E-state index contributed by atoms with van der Waals surface area (Å²) in [6.45, 7) is 0.730. The highest BCUT2D eigenvalue weighted by atomic mass is 32.1. The number of hydrazine groups is 1.